The van der Waals surface area contributed by atoms with Crippen molar-refractivity contribution in [1.82, 2.24) is 20.1 Å². The van der Waals surface area contributed by atoms with Gasteiger partial charge in [0, 0.05) is 16.8 Å². The van der Waals surface area contributed by atoms with Gasteiger partial charge in [-0.3, -0.25) is 4.57 Å². The Hall–Kier alpha value is -3.14. The number of carbonyl (C=O) groups excluding carboxylic acids is 1. The van der Waals surface area contributed by atoms with Crippen LogP contribution in [-0.2, 0) is 12.3 Å². The summed E-state index contributed by atoms with van der Waals surface area (Å²) in [5.74, 6) is -0.608. The molecule has 0 aliphatic rings. The molecule has 0 atom stereocenters. The Morgan fingerprint density at radius 3 is 2.56 bits per heavy atom. The summed E-state index contributed by atoms with van der Waals surface area (Å²) < 4.78 is 28.6. The van der Waals surface area contributed by atoms with Gasteiger partial charge in [0.15, 0.2) is 11.0 Å². The van der Waals surface area contributed by atoms with Crippen LogP contribution in [0.4, 0.5) is 19.3 Å². The van der Waals surface area contributed by atoms with Crippen molar-refractivity contribution in [2.45, 2.75) is 17.5 Å². The third-order valence-corrected chi connectivity index (χ3v) is 6.20. The number of anilines is 1. The monoisotopic (exact) mass is 519 g/mol. The summed E-state index contributed by atoms with van der Waals surface area (Å²) in [4.78, 5) is 12.3. The number of amides is 2. The molecule has 0 saturated carbocycles. The number of urea groups is 1. The number of rotatable bonds is 7. The molecular formula is C23H17Cl2F2N5OS. The Balaban J connectivity index is 1.55. The largest absolute Gasteiger partial charge is 0.331 e. The van der Waals surface area contributed by atoms with Crippen LogP contribution < -0.4 is 10.6 Å². The van der Waals surface area contributed by atoms with Gasteiger partial charge in [0.05, 0.1) is 22.9 Å². The predicted octanol–water partition coefficient (Wildman–Crippen LogP) is 6.47. The van der Waals surface area contributed by atoms with E-state index in [2.05, 4.69) is 20.8 Å². The van der Waals surface area contributed by atoms with Crippen LogP contribution >= 0.6 is 35.0 Å². The summed E-state index contributed by atoms with van der Waals surface area (Å²) in [5, 5.41) is 14.9. The molecule has 1 aromatic heterocycles. The maximum absolute atomic E-state index is 13.8. The van der Waals surface area contributed by atoms with Crippen molar-refractivity contribution >= 4 is 46.7 Å². The fourth-order valence-corrected chi connectivity index (χ4v) is 4.33. The molecule has 4 rings (SSSR count). The van der Waals surface area contributed by atoms with Gasteiger partial charge in [0.1, 0.15) is 11.6 Å². The van der Waals surface area contributed by atoms with E-state index < -0.39 is 17.7 Å². The zero-order chi connectivity index (χ0) is 24.1. The molecule has 0 spiro atoms. The predicted molar refractivity (Wildman–Crippen MR) is 130 cm³/mol. The van der Waals surface area contributed by atoms with Crippen molar-refractivity contribution in [2.75, 3.05) is 5.32 Å². The van der Waals surface area contributed by atoms with Crippen LogP contribution in [0.25, 0.3) is 5.69 Å². The second-order valence-corrected chi connectivity index (χ2v) is 8.82. The number of aromatic nitrogens is 3. The van der Waals surface area contributed by atoms with E-state index >= 15 is 0 Å². The molecule has 174 valence electrons. The molecule has 2 amide bonds. The SMILES string of the molecule is O=C(NCc1nnc(SCc2ccccc2)n1-c1cc(Cl)ccc1Cl)Nc1ccc(F)cc1F. The zero-order valence-corrected chi connectivity index (χ0v) is 19.8. The minimum atomic E-state index is -0.886. The molecule has 34 heavy (non-hydrogen) atoms. The van der Waals surface area contributed by atoms with E-state index in [1.54, 1.807) is 22.8 Å². The van der Waals surface area contributed by atoms with Crippen molar-refractivity contribution in [1.29, 1.82) is 0 Å². The molecule has 0 saturated heterocycles. The van der Waals surface area contributed by atoms with Gasteiger partial charge in [-0.2, -0.15) is 0 Å². The van der Waals surface area contributed by atoms with Gasteiger partial charge >= 0.3 is 6.03 Å². The van der Waals surface area contributed by atoms with E-state index in [0.717, 1.165) is 17.7 Å². The highest BCUT2D eigenvalue weighted by Gasteiger charge is 2.18. The maximum Gasteiger partial charge on any atom is 0.319 e. The average Bonchev–Trinajstić information content (AvgIpc) is 3.23. The van der Waals surface area contributed by atoms with Crippen LogP contribution in [0.5, 0.6) is 0 Å². The highest BCUT2D eigenvalue weighted by Crippen LogP contribution is 2.31. The van der Waals surface area contributed by atoms with Crippen LogP contribution in [0.15, 0.2) is 71.9 Å². The molecule has 0 aliphatic heterocycles. The Bertz CT molecular complexity index is 1320. The summed E-state index contributed by atoms with van der Waals surface area (Å²) in [7, 11) is 0. The molecule has 11 heteroatoms. The van der Waals surface area contributed by atoms with Gasteiger partial charge in [-0.25, -0.2) is 13.6 Å². The number of nitrogens with one attached hydrogen (secondary N) is 2. The van der Waals surface area contributed by atoms with Crippen LogP contribution in [0.2, 0.25) is 10.0 Å². The smallest absolute Gasteiger partial charge is 0.319 e. The van der Waals surface area contributed by atoms with E-state index in [1.165, 1.54) is 11.8 Å². The number of thioether (sulfide) groups is 1. The molecule has 0 aliphatic carbocycles. The van der Waals surface area contributed by atoms with E-state index in [9.17, 15) is 13.6 Å². The normalized spacial score (nSPS) is 10.8. The molecule has 0 radical (unpaired) electrons. The standard InChI is InChI=1S/C23H17Cl2F2N5OS/c24-15-6-8-17(25)20(10-15)32-21(30-31-23(32)34-13-14-4-2-1-3-5-14)12-28-22(33)29-19-9-7-16(26)11-18(19)27/h1-11H,12-13H2,(H2,28,29,33). The molecule has 6 nitrogen and oxygen atoms in total. The first-order valence-corrected chi connectivity index (χ1v) is 11.7. The summed E-state index contributed by atoms with van der Waals surface area (Å²) in [6, 6.07) is 17.0. The summed E-state index contributed by atoms with van der Waals surface area (Å²) in [5.41, 5.74) is 1.49. The average molecular weight is 520 g/mol. The lowest BCUT2D eigenvalue weighted by Gasteiger charge is -2.13. The van der Waals surface area contributed by atoms with E-state index in [4.69, 9.17) is 23.2 Å². The maximum atomic E-state index is 13.8. The van der Waals surface area contributed by atoms with E-state index in [1.807, 2.05) is 30.3 Å². The second-order valence-electron chi connectivity index (χ2n) is 7.04. The van der Waals surface area contributed by atoms with Gasteiger partial charge in [-0.05, 0) is 35.9 Å². The fraction of sp³-hybridized carbons (Fsp3) is 0.0870. The number of halogens is 4. The Kier molecular flexibility index (Phi) is 7.66. The van der Waals surface area contributed by atoms with Crippen LogP contribution in [0, 0.1) is 11.6 Å². The third-order valence-electron chi connectivity index (χ3n) is 4.65. The Morgan fingerprint density at radius 2 is 1.79 bits per heavy atom. The lowest BCUT2D eigenvalue weighted by Crippen LogP contribution is -2.29. The fourth-order valence-electron chi connectivity index (χ4n) is 3.05. The van der Waals surface area contributed by atoms with Crippen molar-refractivity contribution in [3.63, 3.8) is 0 Å². The van der Waals surface area contributed by atoms with Gasteiger partial charge < -0.3 is 10.6 Å². The first-order chi connectivity index (χ1) is 16.4. The lowest BCUT2D eigenvalue weighted by atomic mass is 10.2. The van der Waals surface area contributed by atoms with Gasteiger partial charge in [0.2, 0.25) is 0 Å². The van der Waals surface area contributed by atoms with Gasteiger partial charge in [-0.1, -0.05) is 65.3 Å². The highest BCUT2D eigenvalue weighted by atomic mass is 35.5. The first-order valence-electron chi connectivity index (χ1n) is 9.97. The number of carbonyl (C=O) groups is 1. The molecule has 0 unspecified atom stereocenters. The molecule has 0 fully saturated rings. The lowest BCUT2D eigenvalue weighted by molar-refractivity contribution is 0.251. The first kappa shape index (κ1) is 24.0. The highest BCUT2D eigenvalue weighted by molar-refractivity contribution is 7.98. The van der Waals surface area contributed by atoms with E-state index in [0.29, 0.717) is 38.5 Å². The van der Waals surface area contributed by atoms with Crippen LogP contribution in [0.3, 0.4) is 0 Å². The molecule has 0 bridgehead atoms. The summed E-state index contributed by atoms with van der Waals surface area (Å²) in [6.07, 6.45) is 0. The second kappa shape index (κ2) is 10.9. The van der Waals surface area contributed by atoms with Crippen molar-refractivity contribution in [2.24, 2.45) is 0 Å². The molecular weight excluding hydrogens is 503 g/mol. The van der Waals surface area contributed by atoms with Crippen LogP contribution in [-0.4, -0.2) is 20.8 Å². The van der Waals surface area contributed by atoms with Crippen molar-refractivity contribution < 1.29 is 13.6 Å². The molecule has 1 heterocycles. The Labute approximate surface area is 208 Å². The number of hydrogen-bond acceptors (Lipinski definition) is 4. The third kappa shape index (κ3) is 5.85. The van der Waals surface area contributed by atoms with Crippen molar-refractivity contribution in [3.05, 3.63) is 99.8 Å². The number of hydrogen-bond donors (Lipinski definition) is 2. The topological polar surface area (TPSA) is 71.8 Å². The van der Waals surface area contributed by atoms with Crippen molar-refractivity contribution in [3.8, 4) is 5.69 Å². The Morgan fingerprint density at radius 1 is 1.00 bits per heavy atom. The van der Waals surface area contributed by atoms with Crippen LogP contribution in [0.1, 0.15) is 11.4 Å². The molecule has 2 N–H and O–H groups in total. The molecule has 4 aromatic rings. The number of benzene rings is 3. The summed E-state index contributed by atoms with van der Waals surface area (Å²) >= 11 is 14.1. The molecule has 3 aromatic carbocycles. The van der Waals surface area contributed by atoms with E-state index in [-0.39, 0.29) is 12.2 Å². The quantitative estimate of drug-likeness (QED) is 0.274. The number of nitrogens with zero attached hydrogens (tertiary/aromatic N) is 3. The minimum Gasteiger partial charge on any atom is -0.331 e. The van der Waals surface area contributed by atoms with Gasteiger partial charge in [0.25, 0.3) is 0 Å². The minimum absolute atomic E-state index is 0.0453. The summed E-state index contributed by atoms with van der Waals surface area (Å²) in [6.45, 7) is -0.0453. The zero-order valence-electron chi connectivity index (χ0n) is 17.4. The van der Waals surface area contributed by atoms with Gasteiger partial charge in [-0.15, -0.1) is 10.2 Å².